The van der Waals surface area contributed by atoms with E-state index in [-0.39, 0.29) is 23.3 Å². The van der Waals surface area contributed by atoms with Crippen molar-refractivity contribution >= 4 is 19.2 Å². The van der Waals surface area contributed by atoms with E-state index >= 15 is 0 Å². The number of carbonyl (C=O) groups excluding carboxylic acids is 1. The van der Waals surface area contributed by atoms with Gasteiger partial charge in [0.05, 0.1) is 17.3 Å². The Hall–Kier alpha value is -2.57. The molecule has 2 N–H and O–H groups in total. The molecule has 7 heteroatoms. The number of hydrogen-bond donors (Lipinski definition) is 2. The Labute approximate surface area is 165 Å². The van der Waals surface area contributed by atoms with Gasteiger partial charge in [0.15, 0.2) is 0 Å². The van der Waals surface area contributed by atoms with Gasteiger partial charge in [-0.15, -0.1) is 0 Å². The lowest BCUT2D eigenvalue weighted by molar-refractivity contribution is 0.0929. The van der Waals surface area contributed by atoms with Crippen LogP contribution < -0.4 is 21.8 Å². The normalized spacial score (nSPS) is 14.6. The van der Waals surface area contributed by atoms with Gasteiger partial charge in [0.1, 0.15) is 13.7 Å². The van der Waals surface area contributed by atoms with Crippen LogP contribution in [0.15, 0.2) is 29.1 Å². The van der Waals surface area contributed by atoms with Gasteiger partial charge in [0.2, 0.25) is 0 Å². The summed E-state index contributed by atoms with van der Waals surface area (Å²) in [5.41, 5.74) is 6.26. The molecule has 1 aromatic heterocycles. The smallest absolute Gasteiger partial charge is 0.262 e. The molecule has 0 saturated heterocycles. The zero-order valence-electron chi connectivity index (χ0n) is 16.9. The Bertz CT molecular complexity index is 936. The highest BCUT2D eigenvalue weighted by Crippen LogP contribution is 2.41. The molecule has 5 nitrogen and oxygen atoms in total. The minimum Gasteiger partial charge on any atom is -0.345 e. The fraction of sp³-hybridized carbons (Fsp3) is 0.429. The molecule has 1 aliphatic rings. The van der Waals surface area contributed by atoms with Gasteiger partial charge < -0.3 is 10.7 Å². The predicted octanol–water partition coefficient (Wildman–Crippen LogP) is 1.70. The van der Waals surface area contributed by atoms with Crippen LogP contribution in [0.3, 0.4) is 0 Å². The molecule has 0 bridgehead atoms. The second-order valence-corrected chi connectivity index (χ2v) is 7.60. The van der Waals surface area contributed by atoms with Crippen molar-refractivity contribution in [3.8, 4) is 0 Å². The maximum atomic E-state index is 13.3. The molecule has 1 heterocycles. The van der Waals surface area contributed by atoms with Crippen molar-refractivity contribution in [2.24, 2.45) is 5.92 Å². The van der Waals surface area contributed by atoms with Crippen LogP contribution in [0.25, 0.3) is 0 Å². The van der Waals surface area contributed by atoms with Gasteiger partial charge in [0, 0.05) is 6.54 Å². The number of nitrogens with zero attached hydrogens (tertiary/aromatic N) is 1. The van der Waals surface area contributed by atoms with E-state index in [1.807, 2.05) is 13.8 Å². The predicted molar refractivity (Wildman–Crippen MR) is 112 cm³/mol. The minimum absolute atomic E-state index is 0.128. The average molecular weight is 383 g/mol. The first-order valence-electron chi connectivity index (χ1n) is 9.88. The number of aromatic nitrogens is 1. The van der Waals surface area contributed by atoms with Crippen molar-refractivity contribution in [1.29, 1.82) is 0 Å². The standard InChI is InChI=1S/C21H27BFN3O2/c1-4-11-24-26-13(3)17(12(2)18(22)21(26)28)20(27)25-19(14-5-6-14)15-7-9-16(23)10-8-15/h7-10,14,19,24H,4-6,11,22H2,1-3H3,(H,25,27)/t19-/m0/s1. The molecular formula is C21H27BFN3O2. The Morgan fingerprint density at radius 3 is 2.50 bits per heavy atom. The van der Waals surface area contributed by atoms with Crippen molar-refractivity contribution < 1.29 is 9.18 Å². The molecule has 1 fully saturated rings. The van der Waals surface area contributed by atoms with Crippen LogP contribution in [0, 0.1) is 25.6 Å². The van der Waals surface area contributed by atoms with Gasteiger partial charge >= 0.3 is 0 Å². The summed E-state index contributed by atoms with van der Waals surface area (Å²) in [6.07, 6.45) is 2.95. The SMILES string of the molecule is Bc1c(C)c(C(=O)N[C@H](c2ccc(F)cc2)C2CC2)c(C)n(NCCC)c1=O. The van der Waals surface area contributed by atoms with Crippen molar-refractivity contribution in [3.05, 3.63) is 62.8 Å². The minimum atomic E-state index is -0.291. The van der Waals surface area contributed by atoms with Gasteiger partial charge in [-0.1, -0.05) is 19.1 Å². The Morgan fingerprint density at radius 1 is 1.29 bits per heavy atom. The van der Waals surface area contributed by atoms with Gasteiger partial charge in [-0.25, -0.2) is 9.07 Å². The van der Waals surface area contributed by atoms with Crippen molar-refractivity contribution in [1.82, 2.24) is 9.99 Å². The third-order valence-corrected chi connectivity index (χ3v) is 5.51. The molecule has 1 saturated carbocycles. The van der Waals surface area contributed by atoms with Crippen LogP contribution in [-0.2, 0) is 0 Å². The van der Waals surface area contributed by atoms with E-state index in [2.05, 4.69) is 10.7 Å². The molecule has 28 heavy (non-hydrogen) atoms. The fourth-order valence-corrected chi connectivity index (χ4v) is 3.59. The lowest BCUT2D eigenvalue weighted by atomic mass is 9.88. The Kier molecular flexibility index (Phi) is 5.91. The van der Waals surface area contributed by atoms with Crippen LogP contribution in [0.1, 0.15) is 59.4 Å². The average Bonchev–Trinajstić information content (AvgIpc) is 3.50. The third-order valence-electron chi connectivity index (χ3n) is 5.51. The van der Waals surface area contributed by atoms with Crippen LogP contribution in [0.2, 0.25) is 0 Å². The van der Waals surface area contributed by atoms with Gasteiger partial charge in [-0.2, -0.15) is 0 Å². The monoisotopic (exact) mass is 383 g/mol. The first kappa shape index (κ1) is 20.2. The van der Waals surface area contributed by atoms with E-state index in [1.165, 1.54) is 16.8 Å². The summed E-state index contributed by atoms with van der Waals surface area (Å²) in [7, 11) is 1.75. The summed E-state index contributed by atoms with van der Waals surface area (Å²) < 4.78 is 14.8. The molecule has 3 rings (SSSR count). The van der Waals surface area contributed by atoms with E-state index in [0.29, 0.717) is 34.7 Å². The molecule has 0 aliphatic heterocycles. The third kappa shape index (κ3) is 3.98. The number of benzene rings is 1. The van der Waals surface area contributed by atoms with E-state index in [4.69, 9.17) is 0 Å². The Balaban J connectivity index is 1.95. The second kappa shape index (κ2) is 8.21. The molecule has 1 atom stereocenters. The van der Waals surface area contributed by atoms with Crippen LogP contribution in [0.4, 0.5) is 4.39 Å². The molecule has 0 spiro atoms. The molecule has 0 unspecified atom stereocenters. The molecule has 2 aromatic rings. The first-order chi connectivity index (χ1) is 13.3. The maximum absolute atomic E-state index is 13.3. The zero-order valence-corrected chi connectivity index (χ0v) is 16.9. The van der Waals surface area contributed by atoms with E-state index in [9.17, 15) is 14.0 Å². The van der Waals surface area contributed by atoms with Gasteiger partial charge in [-0.3, -0.25) is 9.59 Å². The fourth-order valence-electron chi connectivity index (χ4n) is 3.59. The number of hydrogen-bond acceptors (Lipinski definition) is 3. The summed E-state index contributed by atoms with van der Waals surface area (Å²) in [5.74, 6) is -0.132. The van der Waals surface area contributed by atoms with Crippen molar-refractivity contribution in [2.45, 2.75) is 46.1 Å². The summed E-state index contributed by atoms with van der Waals surface area (Å²) in [6, 6.07) is 6.15. The van der Waals surface area contributed by atoms with Gasteiger partial charge in [0.25, 0.3) is 11.5 Å². The largest absolute Gasteiger partial charge is 0.345 e. The highest BCUT2D eigenvalue weighted by Gasteiger charge is 2.34. The van der Waals surface area contributed by atoms with E-state index < -0.39 is 0 Å². The number of rotatable bonds is 7. The van der Waals surface area contributed by atoms with Crippen LogP contribution in [0.5, 0.6) is 0 Å². The highest BCUT2D eigenvalue weighted by atomic mass is 19.1. The zero-order chi connectivity index (χ0) is 20.4. The molecule has 1 aromatic carbocycles. The van der Waals surface area contributed by atoms with Gasteiger partial charge in [-0.05, 0) is 67.8 Å². The molecule has 0 radical (unpaired) electrons. The van der Waals surface area contributed by atoms with Crippen molar-refractivity contribution in [3.63, 3.8) is 0 Å². The number of pyridine rings is 1. The lowest BCUT2D eigenvalue weighted by Crippen LogP contribution is -2.45. The van der Waals surface area contributed by atoms with Crippen molar-refractivity contribution in [2.75, 3.05) is 12.0 Å². The summed E-state index contributed by atoms with van der Waals surface area (Å²) in [5, 5.41) is 3.14. The lowest BCUT2D eigenvalue weighted by Gasteiger charge is -2.23. The quantitative estimate of drug-likeness (QED) is 0.716. The van der Waals surface area contributed by atoms with E-state index in [0.717, 1.165) is 24.8 Å². The second-order valence-electron chi connectivity index (χ2n) is 7.60. The molecule has 1 aliphatic carbocycles. The van der Waals surface area contributed by atoms with E-state index in [1.54, 1.807) is 26.9 Å². The first-order valence-corrected chi connectivity index (χ1v) is 9.88. The Morgan fingerprint density at radius 2 is 1.93 bits per heavy atom. The summed E-state index contributed by atoms with van der Waals surface area (Å²) in [6.45, 7) is 6.26. The highest BCUT2D eigenvalue weighted by molar-refractivity contribution is 6.33. The summed E-state index contributed by atoms with van der Waals surface area (Å²) >= 11 is 0. The molecular weight excluding hydrogens is 356 g/mol. The summed E-state index contributed by atoms with van der Waals surface area (Å²) in [4.78, 5) is 25.8. The molecule has 148 valence electrons. The number of carbonyl (C=O) groups is 1. The molecule has 1 amide bonds. The van der Waals surface area contributed by atoms with Crippen LogP contribution in [-0.4, -0.2) is 25.0 Å². The van der Waals surface area contributed by atoms with Crippen LogP contribution >= 0.6 is 0 Å². The number of amides is 1. The topological polar surface area (TPSA) is 63.1 Å². The maximum Gasteiger partial charge on any atom is 0.262 e. The number of nitrogens with one attached hydrogen (secondary N) is 2. The number of halogens is 1.